The lowest BCUT2D eigenvalue weighted by molar-refractivity contribution is 0.234. The van der Waals surface area contributed by atoms with E-state index in [-0.39, 0.29) is 51.7 Å². The summed E-state index contributed by atoms with van der Waals surface area (Å²) in [7, 11) is 0. The fourth-order valence-corrected chi connectivity index (χ4v) is 4.47. The first kappa shape index (κ1) is 25.9. The van der Waals surface area contributed by atoms with E-state index in [1.807, 2.05) is 40.7 Å². The van der Waals surface area contributed by atoms with E-state index in [9.17, 15) is 25.2 Å². The Hall–Kier alpha value is -4.13. The summed E-state index contributed by atoms with van der Waals surface area (Å²) in [6.07, 6.45) is 6.78. The Balaban J connectivity index is 1.96. The largest absolute Gasteiger partial charge is 0.507 e. The first-order valence-corrected chi connectivity index (χ1v) is 12.2. The van der Waals surface area contributed by atoms with Crippen LogP contribution in [-0.2, 0) is 6.42 Å². The van der Waals surface area contributed by atoms with E-state index in [2.05, 4.69) is 6.08 Å². The van der Waals surface area contributed by atoms with E-state index in [1.54, 1.807) is 12.1 Å². The standard InChI is InChI=1S/C30H32O7/c1-15(2)7-6-8-17(5)13-23-24-19(11-12-20(31)26(24)34)29-30(36-23)27(35)25-22(33)14-21(32)18(28(25)37-29)10-9-16(3)4/h7,9,11-14,23,31-34H,6,8,10H2,1-5H3/b17-13+. The summed E-state index contributed by atoms with van der Waals surface area (Å²) in [5.41, 5.74) is 3.63. The molecule has 0 bridgehead atoms. The maximum Gasteiger partial charge on any atom is 0.239 e. The van der Waals surface area contributed by atoms with Crippen molar-refractivity contribution in [2.75, 3.05) is 0 Å². The van der Waals surface area contributed by atoms with Gasteiger partial charge in [0, 0.05) is 17.2 Å². The molecule has 7 heteroatoms. The highest BCUT2D eigenvalue weighted by atomic mass is 16.5. The molecule has 2 aromatic carbocycles. The second kappa shape index (κ2) is 10.1. The van der Waals surface area contributed by atoms with Crippen LogP contribution in [0.4, 0.5) is 0 Å². The zero-order valence-electron chi connectivity index (χ0n) is 21.7. The van der Waals surface area contributed by atoms with Gasteiger partial charge >= 0.3 is 0 Å². The van der Waals surface area contributed by atoms with Gasteiger partial charge in [-0.05, 0) is 72.1 Å². The van der Waals surface area contributed by atoms with Crippen LogP contribution in [0.5, 0.6) is 28.7 Å². The molecule has 1 atom stereocenters. The minimum Gasteiger partial charge on any atom is -0.507 e. The number of phenolic OH excluding ortho intramolecular Hbond substituents is 4. The SMILES string of the molecule is CC(C)=CCC/C(C)=C/C1Oc2c(oc3c(CC=C(C)C)c(O)cc(O)c3c2=O)-c2ccc(O)c(O)c21. The molecular weight excluding hydrogens is 472 g/mol. The highest BCUT2D eigenvalue weighted by molar-refractivity contribution is 5.92. The minimum atomic E-state index is -0.869. The Labute approximate surface area is 215 Å². The zero-order chi connectivity index (χ0) is 27.0. The molecule has 1 aliphatic heterocycles. The molecule has 7 nitrogen and oxygen atoms in total. The highest BCUT2D eigenvalue weighted by Crippen LogP contribution is 2.50. The number of ether oxygens (including phenoxy) is 1. The fourth-order valence-electron chi connectivity index (χ4n) is 4.47. The summed E-state index contributed by atoms with van der Waals surface area (Å²) in [6.45, 7) is 9.81. The smallest absolute Gasteiger partial charge is 0.239 e. The quantitative estimate of drug-likeness (QED) is 0.212. The molecule has 0 radical (unpaired) electrons. The van der Waals surface area contributed by atoms with Gasteiger partial charge in [-0.25, -0.2) is 0 Å². The topological polar surface area (TPSA) is 120 Å². The van der Waals surface area contributed by atoms with Gasteiger partial charge in [0.05, 0.1) is 5.56 Å². The van der Waals surface area contributed by atoms with E-state index < -0.39 is 17.3 Å². The Morgan fingerprint density at radius 2 is 1.65 bits per heavy atom. The first-order valence-electron chi connectivity index (χ1n) is 12.2. The molecular formula is C30H32O7. The number of benzene rings is 2. The van der Waals surface area contributed by atoms with E-state index in [0.717, 1.165) is 30.1 Å². The van der Waals surface area contributed by atoms with Crippen molar-refractivity contribution >= 4 is 11.0 Å². The highest BCUT2D eigenvalue weighted by Gasteiger charge is 2.34. The van der Waals surface area contributed by atoms with Gasteiger partial charge in [0.2, 0.25) is 11.2 Å². The van der Waals surface area contributed by atoms with Gasteiger partial charge in [0.1, 0.15) is 28.6 Å². The molecule has 1 aromatic heterocycles. The van der Waals surface area contributed by atoms with Crippen LogP contribution in [-0.4, -0.2) is 20.4 Å². The van der Waals surface area contributed by atoms with Crippen LogP contribution in [0.3, 0.4) is 0 Å². The van der Waals surface area contributed by atoms with Gasteiger partial charge in [-0.1, -0.05) is 28.9 Å². The number of aromatic hydroxyl groups is 4. The minimum absolute atomic E-state index is 0.0350. The van der Waals surface area contributed by atoms with Crippen LogP contribution in [0.2, 0.25) is 0 Å². The predicted molar refractivity (Wildman–Crippen MR) is 144 cm³/mol. The molecule has 37 heavy (non-hydrogen) atoms. The summed E-state index contributed by atoms with van der Waals surface area (Å²) < 4.78 is 12.3. The van der Waals surface area contributed by atoms with Crippen LogP contribution in [0.1, 0.15) is 64.7 Å². The lowest BCUT2D eigenvalue weighted by Crippen LogP contribution is -2.19. The third kappa shape index (κ3) is 4.94. The maximum atomic E-state index is 13.7. The van der Waals surface area contributed by atoms with Gasteiger partial charge in [0.25, 0.3) is 0 Å². The molecule has 194 valence electrons. The van der Waals surface area contributed by atoms with Crippen molar-refractivity contribution in [1.82, 2.24) is 0 Å². The van der Waals surface area contributed by atoms with Crippen LogP contribution in [0.15, 0.2) is 62.4 Å². The Bertz CT molecular complexity index is 1530. The average Bonchev–Trinajstić information content (AvgIpc) is 2.80. The molecule has 1 unspecified atom stereocenters. The van der Waals surface area contributed by atoms with Crippen LogP contribution >= 0.6 is 0 Å². The van der Waals surface area contributed by atoms with Crippen molar-refractivity contribution < 1.29 is 29.6 Å². The summed E-state index contributed by atoms with van der Waals surface area (Å²) in [4.78, 5) is 13.7. The first-order chi connectivity index (χ1) is 17.5. The number of fused-ring (bicyclic) bond motifs is 4. The third-order valence-corrected chi connectivity index (χ3v) is 6.39. The van der Waals surface area contributed by atoms with Crippen molar-refractivity contribution in [2.24, 2.45) is 0 Å². The molecule has 4 N–H and O–H groups in total. The molecule has 1 aliphatic rings. The van der Waals surface area contributed by atoms with E-state index in [4.69, 9.17) is 9.15 Å². The van der Waals surface area contributed by atoms with Gasteiger partial charge in [-0.15, -0.1) is 0 Å². The lowest BCUT2D eigenvalue weighted by Gasteiger charge is -2.27. The van der Waals surface area contributed by atoms with Gasteiger partial charge < -0.3 is 29.6 Å². The predicted octanol–water partition coefficient (Wildman–Crippen LogP) is 6.92. The summed E-state index contributed by atoms with van der Waals surface area (Å²) in [5.74, 6) is -1.38. The summed E-state index contributed by atoms with van der Waals surface area (Å²) in [6, 6.07) is 4.00. The monoisotopic (exact) mass is 504 g/mol. The molecule has 4 rings (SSSR count). The molecule has 0 aliphatic carbocycles. The Kier molecular flexibility index (Phi) is 7.07. The van der Waals surface area contributed by atoms with Crippen molar-refractivity contribution in [3.8, 4) is 40.1 Å². The van der Waals surface area contributed by atoms with Gasteiger partial charge in [-0.3, -0.25) is 4.79 Å². The molecule has 0 spiro atoms. The summed E-state index contributed by atoms with van der Waals surface area (Å²) >= 11 is 0. The number of allylic oxidation sites excluding steroid dienone is 5. The number of hydrogen-bond donors (Lipinski definition) is 4. The van der Waals surface area contributed by atoms with E-state index >= 15 is 0 Å². The lowest BCUT2D eigenvalue weighted by atomic mass is 9.93. The normalized spacial score (nSPS) is 14.5. The molecule has 0 fully saturated rings. The third-order valence-electron chi connectivity index (χ3n) is 6.39. The number of rotatable bonds is 6. The van der Waals surface area contributed by atoms with Crippen LogP contribution in [0, 0.1) is 0 Å². The maximum absolute atomic E-state index is 13.7. The van der Waals surface area contributed by atoms with E-state index in [1.165, 1.54) is 11.6 Å². The number of hydrogen-bond acceptors (Lipinski definition) is 7. The summed E-state index contributed by atoms with van der Waals surface area (Å²) in [5, 5.41) is 42.1. The van der Waals surface area contributed by atoms with Crippen molar-refractivity contribution in [2.45, 2.75) is 60.0 Å². The molecule has 3 aromatic rings. The van der Waals surface area contributed by atoms with Crippen molar-refractivity contribution in [3.63, 3.8) is 0 Å². The molecule has 0 amide bonds. The van der Waals surface area contributed by atoms with Crippen LogP contribution in [0.25, 0.3) is 22.3 Å². The Morgan fingerprint density at radius 3 is 2.32 bits per heavy atom. The van der Waals surface area contributed by atoms with Crippen molar-refractivity contribution in [1.29, 1.82) is 0 Å². The van der Waals surface area contributed by atoms with Crippen molar-refractivity contribution in [3.05, 3.63) is 74.5 Å². The zero-order valence-corrected chi connectivity index (χ0v) is 21.7. The average molecular weight is 505 g/mol. The van der Waals surface area contributed by atoms with E-state index in [0.29, 0.717) is 11.1 Å². The second-order valence-corrected chi connectivity index (χ2v) is 9.94. The number of phenols is 4. The van der Waals surface area contributed by atoms with Gasteiger partial charge in [-0.2, -0.15) is 0 Å². The van der Waals surface area contributed by atoms with Crippen LogP contribution < -0.4 is 10.2 Å². The molecule has 0 saturated heterocycles. The molecule has 2 heterocycles. The second-order valence-electron chi connectivity index (χ2n) is 9.94. The Morgan fingerprint density at radius 1 is 0.946 bits per heavy atom. The van der Waals surface area contributed by atoms with Gasteiger partial charge in [0.15, 0.2) is 17.3 Å². The fraction of sp³-hybridized carbons (Fsp3) is 0.300. The molecule has 0 saturated carbocycles.